The number of carbonyl (C=O) groups excluding carboxylic acids is 2. The highest BCUT2D eigenvalue weighted by Crippen LogP contribution is 2.48. The molecular formula is C28H31F6N3O4S. The molecule has 0 aliphatic carbocycles. The molecule has 0 saturated carbocycles. The number of carbonyl (C=O) groups is 2. The molecule has 230 valence electrons. The number of piperidine rings is 1. The van der Waals surface area contributed by atoms with E-state index >= 15 is 0 Å². The Bertz CT molecular complexity index is 1260. The van der Waals surface area contributed by atoms with Crippen LogP contribution in [0.15, 0.2) is 52.3 Å². The zero-order chi connectivity index (χ0) is 30.9. The zero-order valence-electron chi connectivity index (χ0n) is 22.9. The first-order valence-corrected chi connectivity index (χ1v) is 13.7. The van der Waals surface area contributed by atoms with Gasteiger partial charge in [0.1, 0.15) is 6.61 Å². The van der Waals surface area contributed by atoms with Crippen molar-refractivity contribution in [1.29, 1.82) is 0 Å². The highest BCUT2D eigenvalue weighted by Gasteiger charge is 2.46. The number of amides is 2. The number of nitrogens with zero attached hydrogens (tertiary/aromatic N) is 1. The van der Waals surface area contributed by atoms with Crippen LogP contribution in [0.5, 0.6) is 0 Å². The average molecular weight is 620 g/mol. The van der Waals surface area contributed by atoms with E-state index in [0.717, 1.165) is 18.2 Å². The molecule has 1 fully saturated rings. The Morgan fingerprint density at radius 1 is 1.00 bits per heavy atom. The molecule has 0 atom stereocenters. The van der Waals surface area contributed by atoms with Crippen molar-refractivity contribution in [3.8, 4) is 0 Å². The fourth-order valence-electron chi connectivity index (χ4n) is 4.41. The lowest BCUT2D eigenvalue weighted by molar-refractivity contribution is -0.163. The van der Waals surface area contributed by atoms with Crippen LogP contribution in [0, 0.1) is 0 Å². The molecule has 1 aliphatic heterocycles. The first-order valence-electron chi connectivity index (χ1n) is 12.9. The van der Waals surface area contributed by atoms with Gasteiger partial charge in [0.25, 0.3) is 0 Å². The molecule has 42 heavy (non-hydrogen) atoms. The van der Waals surface area contributed by atoms with Crippen molar-refractivity contribution in [2.45, 2.75) is 41.0 Å². The molecule has 1 heterocycles. The Labute approximate surface area is 243 Å². The summed E-state index contributed by atoms with van der Waals surface area (Å²) in [5.74, 6) is -0.886. The van der Waals surface area contributed by atoms with Gasteiger partial charge in [-0.2, -0.15) is 26.3 Å². The summed E-state index contributed by atoms with van der Waals surface area (Å²) in [5, 5.41) is 5.65. The summed E-state index contributed by atoms with van der Waals surface area (Å²) in [6.45, 7) is 1.26. The van der Waals surface area contributed by atoms with Crippen LogP contribution < -0.4 is 10.6 Å². The van der Waals surface area contributed by atoms with E-state index in [2.05, 4.69) is 10.6 Å². The molecule has 0 spiro atoms. The summed E-state index contributed by atoms with van der Waals surface area (Å²) in [4.78, 5) is 25.3. The van der Waals surface area contributed by atoms with Crippen LogP contribution in [-0.2, 0) is 31.4 Å². The Kier molecular flexibility index (Phi) is 11.7. The molecule has 0 bridgehead atoms. The van der Waals surface area contributed by atoms with E-state index < -0.39 is 39.8 Å². The van der Waals surface area contributed by atoms with E-state index in [1.165, 1.54) is 20.3 Å². The van der Waals surface area contributed by atoms with Crippen LogP contribution in [-0.4, -0.2) is 69.8 Å². The molecule has 1 aliphatic rings. The average Bonchev–Trinajstić information content (AvgIpc) is 2.92. The van der Waals surface area contributed by atoms with Crippen molar-refractivity contribution in [3.05, 3.63) is 59.2 Å². The predicted molar refractivity (Wildman–Crippen MR) is 146 cm³/mol. The van der Waals surface area contributed by atoms with Crippen molar-refractivity contribution in [2.75, 3.05) is 52.4 Å². The van der Waals surface area contributed by atoms with Crippen LogP contribution in [0.4, 0.5) is 32.0 Å². The summed E-state index contributed by atoms with van der Waals surface area (Å²) in [6, 6.07) is 8.27. The van der Waals surface area contributed by atoms with Gasteiger partial charge >= 0.3 is 12.4 Å². The maximum Gasteiger partial charge on any atom is 0.418 e. The Hall–Kier alpha value is -3.23. The fraction of sp³-hybridized carbons (Fsp3) is 0.429. The fourth-order valence-corrected chi connectivity index (χ4v) is 5.45. The Morgan fingerprint density at radius 2 is 1.69 bits per heavy atom. The zero-order valence-corrected chi connectivity index (χ0v) is 23.7. The molecule has 14 heteroatoms. The molecule has 2 amide bonds. The number of likely N-dealkylation sites (tertiary alicyclic amines) is 1. The lowest BCUT2D eigenvalue weighted by Crippen LogP contribution is -2.43. The van der Waals surface area contributed by atoms with E-state index in [0.29, 0.717) is 54.4 Å². The molecular weight excluding hydrogens is 588 g/mol. The van der Waals surface area contributed by atoms with Crippen molar-refractivity contribution in [3.63, 3.8) is 0 Å². The van der Waals surface area contributed by atoms with Gasteiger partial charge in [-0.15, -0.1) is 0 Å². The molecule has 2 aromatic rings. The largest absolute Gasteiger partial charge is 0.418 e. The van der Waals surface area contributed by atoms with Crippen LogP contribution in [0.25, 0.3) is 6.08 Å². The first-order chi connectivity index (χ1) is 19.8. The third-order valence-electron chi connectivity index (χ3n) is 6.33. The number of anilines is 1. The SMILES string of the molecule is COCCNC(=O)C=Cc1ccc(Sc2cccc(NC3CCN(C(=O)COC)CC3)c2)c(C(F)(F)F)c1C(F)(F)F. The second-order valence-electron chi connectivity index (χ2n) is 9.38. The van der Waals surface area contributed by atoms with Gasteiger partial charge in [0.2, 0.25) is 11.8 Å². The van der Waals surface area contributed by atoms with E-state index in [9.17, 15) is 35.9 Å². The van der Waals surface area contributed by atoms with E-state index in [-0.39, 0.29) is 31.7 Å². The van der Waals surface area contributed by atoms with Gasteiger partial charge < -0.3 is 25.0 Å². The summed E-state index contributed by atoms with van der Waals surface area (Å²) in [5.41, 5.74) is -3.89. The van der Waals surface area contributed by atoms with Gasteiger partial charge in [-0.3, -0.25) is 9.59 Å². The monoisotopic (exact) mass is 619 g/mol. The number of nitrogens with one attached hydrogen (secondary N) is 2. The normalized spacial score (nSPS) is 14.8. The summed E-state index contributed by atoms with van der Waals surface area (Å²) in [6.07, 6.45) is -7.94. The number of halogens is 6. The van der Waals surface area contributed by atoms with Gasteiger partial charge in [-0.1, -0.05) is 23.9 Å². The van der Waals surface area contributed by atoms with Crippen molar-refractivity contribution in [1.82, 2.24) is 10.2 Å². The molecule has 0 radical (unpaired) electrons. The molecule has 3 rings (SSSR count). The minimum Gasteiger partial charge on any atom is -0.383 e. The topological polar surface area (TPSA) is 79.9 Å². The summed E-state index contributed by atoms with van der Waals surface area (Å²) >= 11 is 0.560. The second kappa shape index (κ2) is 14.8. The van der Waals surface area contributed by atoms with E-state index in [1.54, 1.807) is 23.1 Å². The lowest BCUT2D eigenvalue weighted by Gasteiger charge is -2.32. The molecule has 7 nitrogen and oxygen atoms in total. The third kappa shape index (κ3) is 9.39. The first kappa shape index (κ1) is 33.3. The Balaban J connectivity index is 1.84. The predicted octanol–water partition coefficient (Wildman–Crippen LogP) is 5.70. The smallest absolute Gasteiger partial charge is 0.383 e. The maximum atomic E-state index is 14.2. The summed E-state index contributed by atoms with van der Waals surface area (Å²) < 4.78 is 94.4. The van der Waals surface area contributed by atoms with Gasteiger partial charge in [-0.25, -0.2) is 0 Å². The number of hydrogen-bond acceptors (Lipinski definition) is 6. The number of alkyl halides is 6. The van der Waals surface area contributed by atoms with Gasteiger partial charge in [-0.05, 0) is 48.7 Å². The lowest BCUT2D eigenvalue weighted by atomic mass is 9.99. The van der Waals surface area contributed by atoms with Gasteiger partial charge in [0.15, 0.2) is 0 Å². The van der Waals surface area contributed by atoms with Crippen molar-refractivity contribution >= 4 is 35.3 Å². The van der Waals surface area contributed by atoms with Crippen LogP contribution in [0.3, 0.4) is 0 Å². The molecule has 1 saturated heterocycles. The van der Waals surface area contributed by atoms with Gasteiger partial charge in [0.05, 0.1) is 17.7 Å². The number of ether oxygens (including phenoxy) is 2. The van der Waals surface area contributed by atoms with Gasteiger partial charge in [0, 0.05) is 61.5 Å². The maximum absolute atomic E-state index is 14.2. The molecule has 0 unspecified atom stereocenters. The minimum atomic E-state index is -5.35. The number of hydrogen-bond donors (Lipinski definition) is 2. The second-order valence-corrected chi connectivity index (χ2v) is 10.5. The van der Waals surface area contributed by atoms with E-state index in [1.807, 2.05) is 0 Å². The number of methoxy groups -OCH3 is 2. The number of benzene rings is 2. The van der Waals surface area contributed by atoms with Crippen molar-refractivity contribution in [2.24, 2.45) is 0 Å². The highest BCUT2D eigenvalue weighted by atomic mass is 32.2. The third-order valence-corrected chi connectivity index (χ3v) is 7.38. The van der Waals surface area contributed by atoms with Crippen LogP contribution in [0.2, 0.25) is 0 Å². The van der Waals surface area contributed by atoms with Crippen LogP contribution >= 0.6 is 11.8 Å². The molecule has 0 aromatic heterocycles. The minimum absolute atomic E-state index is 0.00261. The quantitative estimate of drug-likeness (QED) is 0.191. The van der Waals surface area contributed by atoms with Crippen molar-refractivity contribution < 1.29 is 45.4 Å². The number of rotatable bonds is 11. The summed E-state index contributed by atoms with van der Waals surface area (Å²) in [7, 11) is 2.83. The highest BCUT2D eigenvalue weighted by molar-refractivity contribution is 7.99. The van der Waals surface area contributed by atoms with E-state index in [4.69, 9.17) is 9.47 Å². The standard InChI is InChI=1S/C28H31F6N3O4S/c1-40-15-12-35-23(38)9-7-18-6-8-22(26(28(32,33)34)25(18)27(29,30)31)42-21-5-3-4-20(16-21)36-19-10-13-37(14-11-19)24(39)17-41-2/h3-9,16,19,36H,10-15,17H2,1-2H3,(H,35,38). The van der Waals surface area contributed by atoms with Crippen LogP contribution in [0.1, 0.15) is 29.5 Å². The Morgan fingerprint density at radius 3 is 2.31 bits per heavy atom. The molecule has 2 N–H and O–H groups in total. The molecule has 2 aromatic carbocycles.